The lowest BCUT2D eigenvalue weighted by Gasteiger charge is -2.23. The summed E-state index contributed by atoms with van der Waals surface area (Å²) >= 11 is 0. The first-order chi connectivity index (χ1) is 13.7. The van der Waals surface area contributed by atoms with Crippen LogP contribution < -0.4 is 5.32 Å². The molecule has 1 N–H and O–H groups in total. The number of amides is 2. The average molecular weight is 377 g/mol. The summed E-state index contributed by atoms with van der Waals surface area (Å²) in [6, 6.07) is 11.5. The molecule has 1 aromatic carbocycles. The van der Waals surface area contributed by atoms with Crippen LogP contribution in [-0.4, -0.2) is 64.9 Å². The minimum atomic E-state index is -0.289. The molecule has 2 aromatic rings. The van der Waals surface area contributed by atoms with E-state index in [1.54, 1.807) is 11.1 Å². The van der Waals surface area contributed by atoms with Crippen molar-refractivity contribution >= 4 is 22.6 Å². The highest BCUT2D eigenvalue weighted by molar-refractivity contribution is 6.05. The second-order valence-electron chi connectivity index (χ2n) is 7.45. The van der Waals surface area contributed by atoms with Gasteiger partial charge in [0.1, 0.15) is 11.7 Å². The Balaban J connectivity index is 1.35. The number of nitrogens with one attached hydrogen (secondary N) is 1. The number of pyridine rings is 1. The summed E-state index contributed by atoms with van der Waals surface area (Å²) < 4.78 is 0. The van der Waals surface area contributed by atoms with Crippen LogP contribution in [0.25, 0.3) is 10.8 Å². The molecule has 4 rings (SSSR count). The zero-order chi connectivity index (χ0) is 19.5. The minimum Gasteiger partial charge on any atom is -0.347 e. The molecule has 7 nitrogen and oxygen atoms in total. The van der Waals surface area contributed by atoms with Crippen molar-refractivity contribution in [2.24, 2.45) is 0 Å². The van der Waals surface area contributed by atoms with Gasteiger partial charge in [-0.25, -0.2) is 0 Å². The maximum absolute atomic E-state index is 12.7. The molecule has 0 spiro atoms. The molecule has 144 valence electrons. The zero-order valence-electron chi connectivity index (χ0n) is 15.7. The fourth-order valence-corrected chi connectivity index (χ4v) is 4.13. The van der Waals surface area contributed by atoms with Crippen molar-refractivity contribution in [1.82, 2.24) is 20.1 Å². The summed E-state index contributed by atoms with van der Waals surface area (Å²) in [6.45, 7) is 2.35. The first kappa shape index (κ1) is 18.4. The third-order valence-electron chi connectivity index (χ3n) is 5.58. The van der Waals surface area contributed by atoms with Gasteiger partial charge in [0.15, 0.2) is 0 Å². The number of hydrogen-bond donors (Lipinski definition) is 1. The molecule has 2 fully saturated rings. The second-order valence-corrected chi connectivity index (χ2v) is 7.45. The number of benzene rings is 1. The molecule has 0 saturated carbocycles. The minimum absolute atomic E-state index is 0.00625. The molecular formula is C21H23N5O2. The van der Waals surface area contributed by atoms with Gasteiger partial charge in [0.05, 0.1) is 12.6 Å². The number of nitrogens with zero attached hydrogens (tertiary/aromatic N) is 4. The van der Waals surface area contributed by atoms with E-state index in [4.69, 9.17) is 5.26 Å². The molecule has 0 aliphatic carbocycles. The van der Waals surface area contributed by atoms with E-state index in [9.17, 15) is 9.59 Å². The van der Waals surface area contributed by atoms with E-state index in [2.05, 4.69) is 21.3 Å². The Bertz CT molecular complexity index is 933. The Kier molecular flexibility index (Phi) is 5.22. The molecule has 7 heteroatoms. The van der Waals surface area contributed by atoms with Crippen molar-refractivity contribution in [3.05, 3.63) is 42.2 Å². The standard InChI is InChI=1S/C21H23N5O2/c22-12-17-5-3-10-26(17)19(27)14-25-11-8-16(13-25)24-21(28)20-18-6-2-1-4-15(18)7-9-23-20/h1-2,4,6-7,9,16-17H,3,5,8,10-11,13-14H2,(H,24,28)/t16-,17?/m0/s1. The molecule has 2 saturated heterocycles. The van der Waals surface area contributed by atoms with Crippen molar-refractivity contribution in [2.75, 3.05) is 26.2 Å². The van der Waals surface area contributed by atoms with E-state index < -0.39 is 0 Å². The fraction of sp³-hybridized carbons (Fsp3) is 0.429. The van der Waals surface area contributed by atoms with Crippen LogP contribution in [0.15, 0.2) is 36.5 Å². The Labute approximate surface area is 163 Å². The molecule has 3 heterocycles. The van der Waals surface area contributed by atoms with E-state index in [1.165, 1.54) is 0 Å². The molecule has 1 aromatic heterocycles. The lowest BCUT2D eigenvalue weighted by atomic mass is 10.1. The summed E-state index contributed by atoms with van der Waals surface area (Å²) in [7, 11) is 0. The average Bonchev–Trinajstić information content (AvgIpc) is 3.36. The van der Waals surface area contributed by atoms with Crippen LogP contribution >= 0.6 is 0 Å². The van der Waals surface area contributed by atoms with Gasteiger partial charge in [-0.3, -0.25) is 19.5 Å². The summed E-state index contributed by atoms with van der Waals surface area (Å²) in [6.07, 6.45) is 4.10. The number of aromatic nitrogens is 1. The molecule has 28 heavy (non-hydrogen) atoms. The van der Waals surface area contributed by atoms with E-state index in [0.717, 1.165) is 36.6 Å². The van der Waals surface area contributed by atoms with Crippen LogP contribution in [0.4, 0.5) is 0 Å². The fourth-order valence-electron chi connectivity index (χ4n) is 4.13. The van der Waals surface area contributed by atoms with Crippen LogP contribution in [0.5, 0.6) is 0 Å². The van der Waals surface area contributed by atoms with Gasteiger partial charge in [-0.15, -0.1) is 0 Å². The molecular weight excluding hydrogens is 354 g/mol. The van der Waals surface area contributed by atoms with Gasteiger partial charge < -0.3 is 10.2 Å². The van der Waals surface area contributed by atoms with Gasteiger partial charge in [0, 0.05) is 37.3 Å². The molecule has 0 bridgehead atoms. The van der Waals surface area contributed by atoms with Gasteiger partial charge >= 0.3 is 0 Å². The first-order valence-electron chi connectivity index (χ1n) is 9.72. The smallest absolute Gasteiger partial charge is 0.270 e. The lowest BCUT2D eigenvalue weighted by Crippen LogP contribution is -2.43. The van der Waals surface area contributed by atoms with Crippen molar-refractivity contribution in [1.29, 1.82) is 5.26 Å². The summed E-state index contributed by atoms with van der Waals surface area (Å²) in [5, 5.41) is 14.0. The maximum Gasteiger partial charge on any atom is 0.270 e. The van der Waals surface area contributed by atoms with Crippen molar-refractivity contribution in [3.8, 4) is 6.07 Å². The number of rotatable bonds is 4. The van der Waals surface area contributed by atoms with Crippen LogP contribution in [0, 0.1) is 11.3 Å². The van der Waals surface area contributed by atoms with E-state index in [1.807, 2.05) is 30.3 Å². The quantitative estimate of drug-likeness (QED) is 0.873. The normalized spacial score (nSPS) is 22.3. The van der Waals surface area contributed by atoms with Crippen molar-refractivity contribution in [2.45, 2.75) is 31.3 Å². The third kappa shape index (κ3) is 3.69. The van der Waals surface area contributed by atoms with E-state index in [0.29, 0.717) is 25.3 Å². The second kappa shape index (κ2) is 7.95. The number of likely N-dealkylation sites (tertiary alicyclic amines) is 2. The number of nitriles is 1. The Morgan fingerprint density at radius 3 is 2.93 bits per heavy atom. The maximum atomic E-state index is 12.7. The molecule has 2 aliphatic rings. The number of carbonyl (C=O) groups excluding carboxylic acids is 2. The van der Waals surface area contributed by atoms with Gasteiger partial charge in [0.25, 0.3) is 5.91 Å². The molecule has 2 atom stereocenters. The summed E-state index contributed by atoms with van der Waals surface area (Å²) in [4.78, 5) is 33.2. The van der Waals surface area contributed by atoms with E-state index >= 15 is 0 Å². The van der Waals surface area contributed by atoms with Crippen LogP contribution in [-0.2, 0) is 4.79 Å². The van der Waals surface area contributed by atoms with Gasteiger partial charge in [-0.05, 0) is 30.7 Å². The van der Waals surface area contributed by atoms with Gasteiger partial charge in [-0.1, -0.05) is 24.3 Å². The van der Waals surface area contributed by atoms with E-state index in [-0.39, 0.29) is 23.9 Å². The highest BCUT2D eigenvalue weighted by Gasteiger charge is 2.32. The number of fused-ring (bicyclic) bond motifs is 1. The van der Waals surface area contributed by atoms with Crippen LogP contribution in [0.3, 0.4) is 0 Å². The van der Waals surface area contributed by atoms with Crippen molar-refractivity contribution < 1.29 is 9.59 Å². The predicted octanol–water partition coefficient (Wildman–Crippen LogP) is 1.55. The lowest BCUT2D eigenvalue weighted by molar-refractivity contribution is -0.132. The highest BCUT2D eigenvalue weighted by Crippen LogP contribution is 2.19. The first-order valence-corrected chi connectivity index (χ1v) is 9.72. The van der Waals surface area contributed by atoms with Gasteiger partial charge in [-0.2, -0.15) is 5.26 Å². The molecule has 1 unspecified atom stereocenters. The Hall–Kier alpha value is -2.98. The van der Waals surface area contributed by atoms with Crippen LogP contribution in [0.1, 0.15) is 29.8 Å². The zero-order valence-corrected chi connectivity index (χ0v) is 15.7. The Morgan fingerprint density at radius 1 is 1.21 bits per heavy atom. The largest absolute Gasteiger partial charge is 0.347 e. The molecule has 2 aliphatic heterocycles. The predicted molar refractivity (Wildman–Crippen MR) is 104 cm³/mol. The topological polar surface area (TPSA) is 89.3 Å². The molecule has 2 amide bonds. The number of carbonyl (C=O) groups is 2. The highest BCUT2D eigenvalue weighted by atomic mass is 16.2. The SMILES string of the molecule is N#CC1CCCN1C(=O)CN1CC[C@H](NC(=O)c2nccc3ccccc23)C1. The Morgan fingerprint density at radius 2 is 2.07 bits per heavy atom. The number of hydrogen-bond acceptors (Lipinski definition) is 5. The van der Waals surface area contributed by atoms with Crippen molar-refractivity contribution in [3.63, 3.8) is 0 Å². The molecule has 0 radical (unpaired) electrons. The monoisotopic (exact) mass is 377 g/mol. The van der Waals surface area contributed by atoms with Crippen LogP contribution in [0.2, 0.25) is 0 Å². The van der Waals surface area contributed by atoms with Gasteiger partial charge in [0.2, 0.25) is 5.91 Å². The summed E-state index contributed by atoms with van der Waals surface area (Å²) in [5.41, 5.74) is 0.432. The third-order valence-corrected chi connectivity index (χ3v) is 5.58. The summed E-state index contributed by atoms with van der Waals surface area (Å²) in [5.74, 6) is -0.175.